The first kappa shape index (κ1) is 11.6. The van der Waals surface area contributed by atoms with Crippen LogP contribution < -0.4 is 5.73 Å². The number of aryl methyl sites for hydroxylation is 1. The van der Waals surface area contributed by atoms with Crippen molar-refractivity contribution in [3.8, 4) is 11.4 Å². The highest BCUT2D eigenvalue weighted by Crippen LogP contribution is 2.26. The molecule has 96 valence electrons. The third kappa shape index (κ3) is 1.83. The lowest BCUT2D eigenvalue weighted by molar-refractivity contribution is 0.632. The molecule has 3 rings (SSSR count). The van der Waals surface area contributed by atoms with Gasteiger partial charge in [0, 0.05) is 18.3 Å². The molecule has 2 aromatic heterocycles. The van der Waals surface area contributed by atoms with Crippen LogP contribution in [0.3, 0.4) is 0 Å². The molecule has 3 aromatic rings. The number of rotatable bonds is 2. The van der Waals surface area contributed by atoms with Crippen molar-refractivity contribution in [1.82, 2.24) is 14.5 Å². The number of hydrogen-bond donors (Lipinski definition) is 1. The minimum atomic E-state index is -0.426. The maximum absolute atomic E-state index is 13.6. The third-order valence-corrected chi connectivity index (χ3v) is 3.13. The molecule has 0 saturated heterocycles. The molecule has 0 aliphatic carbocycles. The van der Waals surface area contributed by atoms with Crippen LogP contribution in [0.15, 0.2) is 36.7 Å². The number of fused-ring (bicyclic) bond motifs is 1. The third-order valence-electron chi connectivity index (χ3n) is 3.13. The summed E-state index contributed by atoms with van der Waals surface area (Å²) in [5.41, 5.74) is 8.15. The van der Waals surface area contributed by atoms with E-state index >= 15 is 0 Å². The summed E-state index contributed by atoms with van der Waals surface area (Å²) >= 11 is 0. The SMILES string of the molecule is CCn1c(-c2ccc(N)c(F)c2)nc2cnccc21. The van der Waals surface area contributed by atoms with Crippen LogP contribution in [0.4, 0.5) is 10.1 Å². The summed E-state index contributed by atoms with van der Waals surface area (Å²) < 4.78 is 15.6. The maximum atomic E-state index is 13.6. The fraction of sp³-hybridized carbons (Fsp3) is 0.143. The van der Waals surface area contributed by atoms with Gasteiger partial charge in [-0.15, -0.1) is 0 Å². The van der Waals surface area contributed by atoms with Gasteiger partial charge in [0.15, 0.2) is 0 Å². The summed E-state index contributed by atoms with van der Waals surface area (Å²) in [6, 6.07) is 6.65. The molecule has 1 aromatic carbocycles. The van der Waals surface area contributed by atoms with Crippen molar-refractivity contribution in [3.05, 3.63) is 42.5 Å². The monoisotopic (exact) mass is 256 g/mol. The standard InChI is InChI=1S/C14H13FN4/c1-2-19-13-5-6-17-8-12(13)18-14(19)9-3-4-11(16)10(15)7-9/h3-8H,2,16H2,1H3. The number of aromatic nitrogens is 3. The average molecular weight is 256 g/mol. The minimum absolute atomic E-state index is 0.143. The maximum Gasteiger partial charge on any atom is 0.146 e. The minimum Gasteiger partial charge on any atom is -0.396 e. The zero-order valence-electron chi connectivity index (χ0n) is 10.5. The molecule has 0 atom stereocenters. The number of nitrogens with zero attached hydrogens (tertiary/aromatic N) is 3. The lowest BCUT2D eigenvalue weighted by Gasteiger charge is -2.06. The van der Waals surface area contributed by atoms with Gasteiger partial charge in [-0.1, -0.05) is 0 Å². The van der Waals surface area contributed by atoms with Crippen LogP contribution in [0.2, 0.25) is 0 Å². The van der Waals surface area contributed by atoms with Gasteiger partial charge in [0.25, 0.3) is 0 Å². The zero-order chi connectivity index (χ0) is 13.4. The number of anilines is 1. The van der Waals surface area contributed by atoms with E-state index in [-0.39, 0.29) is 5.69 Å². The van der Waals surface area contributed by atoms with Gasteiger partial charge in [-0.05, 0) is 31.2 Å². The predicted octanol–water partition coefficient (Wildman–Crippen LogP) is 2.84. The van der Waals surface area contributed by atoms with Gasteiger partial charge in [0.05, 0.1) is 17.4 Å². The summed E-state index contributed by atoms with van der Waals surface area (Å²) in [5.74, 6) is 0.301. The van der Waals surface area contributed by atoms with Gasteiger partial charge >= 0.3 is 0 Å². The highest BCUT2D eigenvalue weighted by atomic mass is 19.1. The van der Waals surface area contributed by atoms with Crippen molar-refractivity contribution in [2.75, 3.05) is 5.73 Å². The smallest absolute Gasteiger partial charge is 0.146 e. The van der Waals surface area contributed by atoms with Crippen LogP contribution in [-0.2, 0) is 6.54 Å². The molecule has 0 bridgehead atoms. The Hall–Kier alpha value is -2.43. The molecule has 0 spiro atoms. The first-order valence-corrected chi connectivity index (χ1v) is 6.06. The molecule has 4 nitrogen and oxygen atoms in total. The number of halogens is 1. The Balaban J connectivity index is 2.26. The van der Waals surface area contributed by atoms with Crippen LogP contribution >= 0.6 is 0 Å². The van der Waals surface area contributed by atoms with Crippen LogP contribution in [0.1, 0.15) is 6.92 Å². The molecule has 2 N–H and O–H groups in total. The molecule has 2 heterocycles. The Morgan fingerprint density at radius 1 is 1.32 bits per heavy atom. The van der Waals surface area contributed by atoms with Gasteiger partial charge in [-0.3, -0.25) is 4.98 Å². The molecular weight excluding hydrogens is 243 g/mol. The van der Waals surface area contributed by atoms with E-state index in [2.05, 4.69) is 9.97 Å². The summed E-state index contributed by atoms with van der Waals surface area (Å²) in [5, 5.41) is 0. The lowest BCUT2D eigenvalue weighted by atomic mass is 10.2. The van der Waals surface area contributed by atoms with Gasteiger partial charge in [0.1, 0.15) is 17.2 Å². The molecule has 0 aliphatic rings. The van der Waals surface area contributed by atoms with E-state index in [0.29, 0.717) is 5.56 Å². The number of imidazole rings is 1. The molecule has 0 aliphatic heterocycles. The van der Waals surface area contributed by atoms with E-state index < -0.39 is 5.82 Å². The Morgan fingerprint density at radius 2 is 2.16 bits per heavy atom. The van der Waals surface area contributed by atoms with Crippen molar-refractivity contribution >= 4 is 16.7 Å². The highest BCUT2D eigenvalue weighted by Gasteiger charge is 2.12. The second-order valence-corrected chi connectivity index (χ2v) is 4.28. The average Bonchev–Trinajstić information content (AvgIpc) is 2.80. The van der Waals surface area contributed by atoms with Gasteiger partial charge in [-0.2, -0.15) is 0 Å². The van der Waals surface area contributed by atoms with Gasteiger partial charge in [0.2, 0.25) is 0 Å². The fourth-order valence-corrected chi connectivity index (χ4v) is 2.19. The molecule has 5 heteroatoms. The molecule has 0 radical (unpaired) electrons. The summed E-state index contributed by atoms with van der Waals surface area (Å²) in [6.45, 7) is 2.78. The van der Waals surface area contributed by atoms with Crippen LogP contribution in [0.25, 0.3) is 22.4 Å². The van der Waals surface area contributed by atoms with Crippen LogP contribution in [-0.4, -0.2) is 14.5 Å². The van der Waals surface area contributed by atoms with Gasteiger partial charge < -0.3 is 10.3 Å². The van der Waals surface area contributed by atoms with Gasteiger partial charge in [-0.25, -0.2) is 9.37 Å². The Bertz CT molecular complexity index is 748. The Kier molecular flexibility index (Phi) is 2.67. The van der Waals surface area contributed by atoms with Crippen LogP contribution in [0, 0.1) is 5.82 Å². The van der Waals surface area contributed by atoms with E-state index in [1.807, 2.05) is 17.6 Å². The lowest BCUT2D eigenvalue weighted by Crippen LogP contribution is -1.98. The molecule has 0 unspecified atom stereocenters. The zero-order valence-corrected chi connectivity index (χ0v) is 10.5. The number of nitrogens with two attached hydrogens (primary N) is 1. The molecular formula is C14H13FN4. The summed E-state index contributed by atoms with van der Waals surface area (Å²) in [7, 11) is 0. The van der Waals surface area contributed by atoms with Crippen molar-refractivity contribution in [3.63, 3.8) is 0 Å². The number of hydrogen-bond acceptors (Lipinski definition) is 3. The Morgan fingerprint density at radius 3 is 2.89 bits per heavy atom. The molecule has 19 heavy (non-hydrogen) atoms. The van der Waals surface area contributed by atoms with Crippen molar-refractivity contribution in [2.45, 2.75) is 13.5 Å². The van der Waals surface area contributed by atoms with Crippen molar-refractivity contribution < 1.29 is 4.39 Å². The summed E-state index contributed by atoms with van der Waals surface area (Å²) in [4.78, 5) is 8.57. The summed E-state index contributed by atoms with van der Waals surface area (Å²) in [6.07, 6.45) is 3.43. The Labute approximate surface area is 109 Å². The second kappa shape index (κ2) is 4.35. The van der Waals surface area contributed by atoms with E-state index in [1.165, 1.54) is 6.07 Å². The number of nitrogen functional groups attached to an aromatic ring is 1. The van der Waals surface area contributed by atoms with E-state index in [4.69, 9.17) is 5.73 Å². The normalized spacial score (nSPS) is 11.1. The molecule has 0 amide bonds. The van der Waals surface area contributed by atoms with E-state index in [1.54, 1.807) is 24.5 Å². The first-order chi connectivity index (χ1) is 9.20. The van der Waals surface area contributed by atoms with Crippen molar-refractivity contribution in [2.24, 2.45) is 0 Å². The topological polar surface area (TPSA) is 56.7 Å². The highest BCUT2D eigenvalue weighted by molar-refractivity contribution is 5.80. The van der Waals surface area contributed by atoms with E-state index in [9.17, 15) is 4.39 Å². The van der Waals surface area contributed by atoms with Crippen molar-refractivity contribution in [1.29, 1.82) is 0 Å². The fourth-order valence-electron chi connectivity index (χ4n) is 2.19. The van der Waals surface area contributed by atoms with E-state index in [0.717, 1.165) is 23.4 Å². The first-order valence-electron chi connectivity index (χ1n) is 6.06. The molecule has 0 saturated carbocycles. The van der Waals surface area contributed by atoms with Crippen LogP contribution in [0.5, 0.6) is 0 Å². The molecule has 0 fully saturated rings. The number of benzene rings is 1. The number of pyridine rings is 1. The predicted molar refractivity (Wildman–Crippen MR) is 73.0 cm³/mol. The second-order valence-electron chi connectivity index (χ2n) is 4.28. The largest absolute Gasteiger partial charge is 0.396 e. The quantitative estimate of drug-likeness (QED) is 0.717.